The second-order valence-electron chi connectivity index (χ2n) is 5.48. The highest BCUT2D eigenvalue weighted by atomic mass is 16.5. The van der Waals surface area contributed by atoms with E-state index in [1.165, 1.54) is 6.42 Å². The number of nitrogens with one attached hydrogen (secondary N) is 1. The molecular weight excluding hydrogens is 236 g/mol. The average molecular weight is 264 g/mol. The summed E-state index contributed by atoms with van der Waals surface area (Å²) in [5.74, 6) is 1.62. The van der Waals surface area contributed by atoms with Gasteiger partial charge in [-0.05, 0) is 50.8 Å². The lowest BCUT2D eigenvalue weighted by Crippen LogP contribution is -2.20. The Morgan fingerprint density at radius 3 is 2.63 bits per heavy atom. The molecule has 0 amide bonds. The lowest BCUT2D eigenvalue weighted by atomic mass is 10.1. The maximum atomic E-state index is 5.69. The van der Waals surface area contributed by atoms with Gasteiger partial charge in [-0.1, -0.05) is 20.8 Å². The van der Waals surface area contributed by atoms with Crippen molar-refractivity contribution in [3.8, 4) is 5.75 Å². The molecule has 3 heteroatoms. The molecule has 0 fully saturated rings. The molecule has 0 radical (unpaired) electrons. The predicted molar refractivity (Wildman–Crippen MR) is 80.5 cm³/mol. The second kappa shape index (κ2) is 8.92. The molecule has 1 atom stereocenters. The van der Waals surface area contributed by atoms with E-state index in [0.717, 1.165) is 43.4 Å². The maximum absolute atomic E-state index is 5.69. The number of hydrogen-bond donors (Lipinski definition) is 1. The highest BCUT2D eigenvalue weighted by Crippen LogP contribution is 2.15. The molecule has 0 spiro atoms. The molecule has 19 heavy (non-hydrogen) atoms. The SMILES string of the molecule is CCCNC(C)c1ccc(OCCCC(C)C)cn1. The van der Waals surface area contributed by atoms with Gasteiger partial charge in [-0.15, -0.1) is 0 Å². The van der Waals surface area contributed by atoms with Gasteiger partial charge in [0.05, 0.1) is 18.5 Å². The van der Waals surface area contributed by atoms with E-state index in [1.54, 1.807) is 0 Å². The molecule has 0 bridgehead atoms. The number of pyridine rings is 1. The molecule has 108 valence electrons. The summed E-state index contributed by atoms with van der Waals surface area (Å²) in [5, 5.41) is 3.43. The first kappa shape index (κ1) is 16.0. The van der Waals surface area contributed by atoms with E-state index in [1.807, 2.05) is 18.3 Å². The minimum absolute atomic E-state index is 0.301. The third kappa shape index (κ3) is 6.58. The Kier molecular flexibility index (Phi) is 7.49. The molecule has 0 saturated carbocycles. The van der Waals surface area contributed by atoms with E-state index in [-0.39, 0.29) is 0 Å². The highest BCUT2D eigenvalue weighted by Gasteiger charge is 2.05. The second-order valence-corrected chi connectivity index (χ2v) is 5.48. The van der Waals surface area contributed by atoms with Crippen molar-refractivity contribution in [1.29, 1.82) is 0 Å². The van der Waals surface area contributed by atoms with Gasteiger partial charge < -0.3 is 10.1 Å². The van der Waals surface area contributed by atoms with E-state index in [0.29, 0.717) is 6.04 Å². The van der Waals surface area contributed by atoms with Crippen molar-refractivity contribution < 1.29 is 4.74 Å². The van der Waals surface area contributed by atoms with Crippen LogP contribution >= 0.6 is 0 Å². The summed E-state index contributed by atoms with van der Waals surface area (Å²) in [7, 11) is 0. The molecule has 0 aliphatic carbocycles. The molecule has 3 nitrogen and oxygen atoms in total. The van der Waals surface area contributed by atoms with Gasteiger partial charge in [0.25, 0.3) is 0 Å². The van der Waals surface area contributed by atoms with E-state index < -0.39 is 0 Å². The molecular formula is C16H28N2O. The molecule has 1 N–H and O–H groups in total. The van der Waals surface area contributed by atoms with Crippen LogP contribution < -0.4 is 10.1 Å². The summed E-state index contributed by atoms with van der Waals surface area (Å²) in [5.41, 5.74) is 1.07. The number of aromatic nitrogens is 1. The Morgan fingerprint density at radius 1 is 1.26 bits per heavy atom. The minimum Gasteiger partial charge on any atom is -0.492 e. The summed E-state index contributed by atoms with van der Waals surface area (Å²) in [4.78, 5) is 4.46. The van der Waals surface area contributed by atoms with Crippen LogP contribution in [0.25, 0.3) is 0 Å². The third-order valence-corrected chi connectivity index (χ3v) is 3.10. The summed E-state index contributed by atoms with van der Waals surface area (Å²) < 4.78 is 5.69. The van der Waals surface area contributed by atoms with Gasteiger partial charge in [-0.2, -0.15) is 0 Å². The van der Waals surface area contributed by atoms with Gasteiger partial charge in [-0.25, -0.2) is 0 Å². The van der Waals surface area contributed by atoms with Crippen molar-refractivity contribution in [2.75, 3.05) is 13.2 Å². The summed E-state index contributed by atoms with van der Waals surface area (Å²) in [6.07, 6.45) is 5.29. The average Bonchev–Trinajstić information content (AvgIpc) is 2.41. The molecule has 0 saturated heterocycles. The topological polar surface area (TPSA) is 34.1 Å². The van der Waals surface area contributed by atoms with Crippen LogP contribution in [-0.2, 0) is 0 Å². The first-order chi connectivity index (χ1) is 9.13. The fourth-order valence-electron chi connectivity index (χ4n) is 1.88. The summed E-state index contributed by atoms with van der Waals surface area (Å²) in [6, 6.07) is 4.36. The fraction of sp³-hybridized carbons (Fsp3) is 0.688. The zero-order valence-electron chi connectivity index (χ0n) is 12.8. The first-order valence-electron chi connectivity index (χ1n) is 7.45. The number of nitrogens with zero attached hydrogens (tertiary/aromatic N) is 1. The van der Waals surface area contributed by atoms with E-state index >= 15 is 0 Å². The van der Waals surface area contributed by atoms with Crippen molar-refractivity contribution in [2.24, 2.45) is 5.92 Å². The molecule has 1 aromatic heterocycles. The van der Waals surface area contributed by atoms with Crippen molar-refractivity contribution in [2.45, 2.75) is 53.0 Å². The predicted octanol–water partition coefficient (Wildman–Crippen LogP) is 3.96. The van der Waals surface area contributed by atoms with Gasteiger partial charge in [0.1, 0.15) is 5.75 Å². The molecule has 0 aromatic carbocycles. The van der Waals surface area contributed by atoms with Gasteiger partial charge >= 0.3 is 0 Å². The molecule has 1 rings (SSSR count). The van der Waals surface area contributed by atoms with Crippen molar-refractivity contribution in [3.05, 3.63) is 24.0 Å². The van der Waals surface area contributed by atoms with Gasteiger partial charge in [0, 0.05) is 6.04 Å². The summed E-state index contributed by atoms with van der Waals surface area (Å²) >= 11 is 0. The largest absolute Gasteiger partial charge is 0.492 e. The van der Waals surface area contributed by atoms with Crippen LogP contribution in [0, 0.1) is 5.92 Å². The van der Waals surface area contributed by atoms with Crippen LogP contribution in [0.3, 0.4) is 0 Å². The summed E-state index contributed by atoms with van der Waals surface area (Å²) in [6.45, 7) is 10.6. The van der Waals surface area contributed by atoms with Gasteiger partial charge in [-0.3, -0.25) is 4.98 Å². The molecule has 1 heterocycles. The molecule has 0 aliphatic heterocycles. The Labute approximate surface area is 117 Å². The number of hydrogen-bond acceptors (Lipinski definition) is 3. The van der Waals surface area contributed by atoms with E-state index in [2.05, 4.69) is 38.0 Å². The molecule has 0 aliphatic rings. The van der Waals surface area contributed by atoms with E-state index in [9.17, 15) is 0 Å². The van der Waals surface area contributed by atoms with Crippen LogP contribution in [0.4, 0.5) is 0 Å². The van der Waals surface area contributed by atoms with E-state index in [4.69, 9.17) is 4.74 Å². The zero-order chi connectivity index (χ0) is 14.1. The maximum Gasteiger partial charge on any atom is 0.137 e. The standard InChI is InChI=1S/C16H28N2O/c1-5-10-17-14(4)16-9-8-15(12-18-16)19-11-6-7-13(2)3/h8-9,12-14,17H,5-7,10-11H2,1-4H3. The van der Waals surface area contributed by atoms with Gasteiger partial charge in [0.15, 0.2) is 0 Å². The lowest BCUT2D eigenvalue weighted by molar-refractivity contribution is 0.296. The smallest absolute Gasteiger partial charge is 0.137 e. The van der Waals surface area contributed by atoms with Crippen molar-refractivity contribution >= 4 is 0 Å². The Bertz CT molecular complexity index is 335. The number of rotatable bonds is 9. The Morgan fingerprint density at radius 2 is 2.05 bits per heavy atom. The fourth-order valence-corrected chi connectivity index (χ4v) is 1.88. The number of ether oxygens (including phenoxy) is 1. The van der Waals surface area contributed by atoms with Crippen molar-refractivity contribution in [3.63, 3.8) is 0 Å². The Hall–Kier alpha value is -1.09. The van der Waals surface area contributed by atoms with Crippen LogP contribution in [0.2, 0.25) is 0 Å². The Balaban J connectivity index is 2.34. The van der Waals surface area contributed by atoms with Crippen LogP contribution in [0.5, 0.6) is 5.75 Å². The first-order valence-corrected chi connectivity index (χ1v) is 7.45. The molecule has 1 aromatic rings. The molecule has 1 unspecified atom stereocenters. The normalized spacial score (nSPS) is 12.7. The van der Waals surface area contributed by atoms with Crippen LogP contribution in [-0.4, -0.2) is 18.1 Å². The lowest BCUT2D eigenvalue weighted by Gasteiger charge is -2.13. The quantitative estimate of drug-likeness (QED) is 0.686. The minimum atomic E-state index is 0.301. The monoisotopic (exact) mass is 264 g/mol. The van der Waals surface area contributed by atoms with Crippen molar-refractivity contribution in [1.82, 2.24) is 10.3 Å². The zero-order valence-corrected chi connectivity index (χ0v) is 12.8. The third-order valence-electron chi connectivity index (χ3n) is 3.10. The van der Waals surface area contributed by atoms with Gasteiger partial charge in [0.2, 0.25) is 0 Å². The highest BCUT2D eigenvalue weighted by molar-refractivity contribution is 5.21. The van der Waals surface area contributed by atoms with Crippen LogP contribution in [0.1, 0.15) is 58.7 Å². The van der Waals surface area contributed by atoms with Crippen LogP contribution in [0.15, 0.2) is 18.3 Å².